The maximum atomic E-state index is 13.1. The monoisotopic (exact) mass is 310 g/mol. The zero-order chi connectivity index (χ0) is 15.2. The van der Waals surface area contributed by atoms with Gasteiger partial charge in [-0.25, -0.2) is 0 Å². The smallest absolute Gasteiger partial charge is 0.262 e. The highest BCUT2D eigenvalue weighted by Gasteiger charge is 2.53. The van der Waals surface area contributed by atoms with Gasteiger partial charge in [0.1, 0.15) is 0 Å². The van der Waals surface area contributed by atoms with E-state index in [9.17, 15) is 4.79 Å². The zero-order valence-electron chi connectivity index (χ0n) is 12.5. The van der Waals surface area contributed by atoms with Gasteiger partial charge < -0.3 is 4.90 Å². The Balaban J connectivity index is 1.78. The van der Waals surface area contributed by atoms with Crippen LogP contribution >= 0.6 is 11.8 Å². The molecule has 0 saturated carbocycles. The molecule has 2 aliphatic heterocycles. The summed E-state index contributed by atoms with van der Waals surface area (Å²) in [5.74, 6) is 1.14. The van der Waals surface area contributed by atoms with E-state index in [-0.39, 0.29) is 5.91 Å². The zero-order valence-corrected chi connectivity index (χ0v) is 13.3. The van der Waals surface area contributed by atoms with Crippen LogP contribution < -0.4 is 10.2 Å². The number of thioether (sulfide) groups is 1. The molecule has 112 valence electrons. The highest BCUT2D eigenvalue weighted by molar-refractivity contribution is 8.01. The van der Waals surface area contributed by atoms with Gasteiger partial charge in [0.05, 0.1) is 12.2 Å². The van der Waals surface area contributed by atoms with E-state index in [1.807, 2.05) is 29.2 Å². The van der Waals surface area contributed by atoms with E-state index in [0.29, 0.717) is 6.54 Å². The molecule has 4 heteroatoms. The molecule has 2 heterocycles. The third-order valence-electron chi connectivity index (χ3n) is 4.50. The first-order valence-electron chi connectivity index (χ1n) is 7.57. The highest BCUT2D eigenvalue weighted by Crippen LogP contribution is 2.49. The third kappa shape index (κ3) is 1.91. The number of aryl methyl sites for hydroxylation is 1. The molecule has 1 fully saturated rings. The van der Waals surface area contributed by atoms with E-state index < -0.39 is 4.87 Å². The first kappa shape index (κ1) is 13.9. The number of nitrogens with one attached hydrogen (secondary N) is 1. The van der Waals surface area contributed by atoms with E-state index in [1.165, 1.54) is 11.1 Å². The highest BCUT2D eigenvalue weighted by atomic mass is 32.2. The number of amides is 1. The number of fused-ring (bicyclic) bond motifs is 2. The molecule has 2 aliphatic rings. The second kappa shape index (κ2) is 5.14. The van der Waals surface area contributed by atoms with Crippen LogP contribution in [0.2, 0.25) is 0 Å². The molecule has 1 spiro atoms. The molecule has 22 heavy (non-hydrogen) atoms. The Bertz CT molecular complexity index is 737. The molecule has 1 amide bonds. The van der Waals surface area contributed by atoms with E-state index >= 15 is 0 Å². The number of hydrogen-bond donors (Lipinski definition) is 1. The van der Waals surface area contributed by atoms with Gasteiger partial charge in [0, 0.05) is 17.9 Å². The second-order valence-electron chi connectivity index (χ2n) is 5.79. The minimum Gasteiger partial charge on any atom is -0.305 e. The Hall–Kier alpha value is -1.78. The number of hydrogen-bond acceptors (Lipinski definition) is 3. The summed E-state index contributed by atoms with van der Waals surface area (Å²) in [5, 5.41) is 3.44. The summed E-state index contributed by atoms with van der Waals surface area (Å²) in [6, 6.07) is 16.4. The van der Waals surface area contributed by atoms with Gasteiger partial charge in [0.25, 0.3) is 5.91 Å². The van der Waals surface area contributed by atoms with E-state index in [4.69, 9.17) is 0 Å². The van der Waals surface area contributed by atoms with E-state index in [2.05, 4.69) is 36.5 Å². The quantitative estimate of drug-likeness (QED) is 0.925. The SMILES string of the molecule is Cc1ccccc1CN1C(=O)C2(NCCS2)c2ccccc21. The van der Waals surface area contributed by atoms with Crippen LogP contribution in [0.1, 0.15) is 16.7 Å². The summed E-state index contributed by atoms with van der Waals surface area (Å²) >= 11 is 1.72. The molecule has 0 aliphatic carbocycles. The summed E-state index contributed by atoms with van der Waals surface area (Å²) in [4.78, 5) is 14.5. The predicted octanol–water partition coefficient (Wildman–Crippen LogP) is 3.03. The fourth-order valence-corrected chi connectivity index (χ4v) is 4.60. The summed E-state index contributed by atoms with van der Waals surface area (Å²) in [7, 11) is 0. The van der Waals surface area contributed by atoms with Crippen molar-refractivity contribution in [2.24, 2.45) is 0 Å². The predicted molar refractivity (Wildman–Crippen MR) is 90.9 cm³/mol. The van der Waals surface area contributed by atoms with Crippen molar-refractivity contribution in [3.8, 4) is 0 Å². The number of carbonyl (C=O) groups excluding carboxylic acids is 1. The van der Waals surface area contributed by atoms with Crippen LogP contribution in [0.4, 0.5) is 5.69 Å². The Morgan fingerprint density at radius 1 is 1.18 bits per heavy atom. The van der Waals surface area contributed by atoms with Crippen molar-refractivity contribution in [1.82, 2.24) is 5.32 Å². The molecular weight excluding hydrogens is 292 g/mol. The first-order valence-corrected chi connectivity index (χ1v) is 8.56. The molecule has 1 saturated heterocycles. The van der Waals surface area contributed by atoms with Gasteiger partial charge in [-0.05, 0) is 24.1 Å². The lowest BCUT2D eigenvalue weighted by molar-refractivity contribution is -0.121. The van der Waals surface area contributed by atoms with Gasteiger partial charge in [0.15, 0.2) is 4.87 Å². The summed E-state index contributed by atoms with van der Waals surface area (Å²) in [6.07, 6.45) is 0. The molecule has 1 unspecified atom stereocenters. The topological polar surface area (TPSA) is 32.3 Å². The maximum Gasteiger partial charge on any atom is 0.262 e. The molecule has 1 N–H and O–H groups in total. The Morgan fingerprint density at radius 2 is 1.95 bits per heavy atom. The molecule has 0 aromatic heterocycles. The third-order valence-corrected chi connectivity index (χ3v) is 5.88. The Kier molecular flexibility index (Phi) is 3.24. The largest absolute Gasteiger partial charge is 0.305 e. The number of rotatable bonds is 2. The molecule has 4 rings (SSSR count). The van der Waals surface area contributed by atoms with Crippen molar-refractivity contribution in [3.63, 3.8) is 0 Å². The fourth-order valence-electron chi connectivity index (χ4n) is 3.33. The standard InChI is InChI=1S/C18H18N2OS/c1-13-6-2-3-7-14(13)12-20-16-9-5-4-8-15(16)18(17(20)21)19-10-11-22-18/h2-9,19H,10-12H2,1H3. The fraction of sp³-hybridized carbons (Fsp3) is 0.278. The van der Waals surface area contributed by atoms with Gasteiger partial charge >= 0.3 is 0 Å². The van der Waals surface area contributed by atoms with Gasteiger partial charge in [-0.1, -0.05) is 42.5 Å². The number of benzene rings is 2. The van der Waals surface area contributed by atoms with Crippen LogP contribution in [-0.2, 0) is 16.2 Å². The summed E-state index contributed by atoms with van der Waals surface area (Å²) in [5.41, 5.74) is 4.57. The second-order valence-corrected chi connectivity index (χ2v) is 7.10. The van der Waals surface area contributed by atoms with E-state index in [1.54, 1.807) is 11.8 Å². The molecule has 2 aromatic rings. The number of para-hydroxylation sites is 1. The Morgan fingerprint density at radius 3 is 2.73 bits per heavy atom. The average molecular weight is 310 g/mol. The lowest BCUT2D eigenvalue weighted by atomic mass is 10.1. The average Bonchev–Trinajstić information content (AvgIpc) is 3.11. The van der Waals surface area contributed by atoms with Gasteiger partial charge in [-0.15, -0.1) is 11.8 Å². The van der Waals surface area contributed by atoms with Gasteiger partial charge in [0.2, 0.25) is 0 Å². The first-order chi connectivity index (χ1) is 10.7. The van der Waals surface area contributed by atoms with Crippen LogP contribution in [0, 0.1) is 6.92 Å². The van der Waals surface area contributed by atoms with Crippen LogP contribution in [0.3, 0.4) is 0 Å². The van der Waals surface area contributed by atoms with Gasteiger partial charge in [-0.2, -0.15) is 0 Å². The van der Waals surface area contributed by atoms with Crippen molar-refractivity contribution >= 4 is 23.4 Å². The van der Waals surface area contributed by atoms with Crippen molar-refractivity contribution in [1.29, 1.82) is 0 Å². The van der Waals surface area contributed by atoms with Crippen LogP contribution in [0.5, 0.6) is 0 Å². The van der Waals surface area contributed by atoms with Crippen molar-refractivity contribution in [3.05, 3.63) is 65.2 Å². The molecule has 0 bridgehead atoms. The number of anilines is 1. The van der Waals surface area contributed by atoms with E-state index in [0.717, 1.165) is 23.5 Å². The van der Waals surface area contributed by atoms with Crippen LogP contribution in [-0.4, -0.2) is 18.2 Å². The van der Waals surface area contributed by atoms with Crippen LogP contribution in [0.25, 0.3) is 0 Å². The normalized spacial score (nSPS) is 23.3. The number of carbonyl (C=O) groups is 1. The lowest BCUT2D eigenvalue weighted by Gasteiger charge is -2.23. The minimum absolute atomic E-state index is 0.166. The van der Waals surface area contributed by atoms with Crippen molar-refractivity contribution in [2.75, 3.05) is 17.2 Å². The molecule has 2 aromatic carbocycles. The Labute approximate surface area is 134 Å². The summed E-state index contributed by atoms with van der Waals surface area (Å²) in [6.45, 7) is 3.61. The minimum atomic E-state index is -0.570. The molecular formula is C18H18N2OS. The molecule has 0 radical (unpaired) electrons. The van der Waals surface area contributed by atoms with Crippen molar-refractivity contribution in [2.45, 2.75) is 18.3 Å². The molecule has 3 nitrogen and oxygen atoms in total. The van der Waals surface area contributed by atoms with Gasteiger partial charge in [-0.3, -0.25) is 10.1 Å². The van der Waals surface area contributed by atoms with Crippen LogP contribution in [0.15, 0.2) is 48.5 Å². The number of nitrogens with zero attached hydrogens (tertiary/aromatic N) is 1. The lowest BCUT2D eigenvalue weighted by Crippen LogP contribution is -2.44. The van der Waals surface area contributed by atoms with Crippen molar-refractivity contribution < 1.29 is 4.79 Å². The molecule has 1 atom stereocenters. The maximum absolute atomic E-state index is 13.1. The summed E-state index contributed by atoms with van der Waals surface area (Å²) < 4.78 is 0.